The number of benzene rings is 2. The number of hydrogen-bond acceptors (Lipinski definition) is 0. The van der Waals surface area contributed by atoms with E-state index in [1.54, 1.807) is 0 Å². The summed E-state index contributed by atoms with van der Waals surface area (Å²) in [5.41, 5.74) is 1.67. The van der Waals surface area contributed by atoms with E-state index in [1.807, 2.05) is 18.2 Å². The van der Waals surface area contributed by atoms with E-state index in [-0.39, 0.29) is 10.7 Å². The topological polar surface area (TPSA) is 0 Å². The van der Waals surface area contributed by atoms with Gasteiger partial charge in [0.25, 0.3) is 0 Å². The first-order valence-electron chi connectivity index (χ1n) is 7.18. The van der Waals surface area contributed by atoms with E-state index in [0.29, 0.717) is 11.5 Å². The first kappa shape index (κ1) is 16.2. The fourth-order valence-electron chi connectivity index (χ4n) is 2.63. The summed E-state index contributed by atoms with van der Waals surface area (Å²) in [6.45, 7) is 4.29. The zero-order valence-corrected chi connectivity index (χ0v) is 13.8. The van der Waals surface area contributed by atoms with Crippen LogP contribution in [-0.2, 0) is 0 Å². The number of alkyl halides is 1. The summed E-state index contributed by atoms with van der Waals surface area (Å²) >= 11 is 3.64. The lowest BCUT2D eigenvalue weighted by Crippen LogP contribution is -2.15. The van der Waals surface area contributed by atoms with Crippen LogP contribution >= 0.6 is 15.9 Å². The SMILES string of the molecule is CCC(C)C(c1ccccc1)C(Br)c1ccc(F)cc1F. The van der Waals surface area contributed by atoms with Gasteiger partial charge in [-0.15, -0.1) is 0 Å². The Hall–Kier alpha value is -1.22. The minimum atomic E-state index is -0.546. The van der Waals surface area contributed by atoms with Crippen molar-refractivity contribution >= 4 is 15.9 Å². The Bertz CT molecular complexity index is 583. The van der Waals surface area contributed by atoms with E-state index in [1.165, 1.54) is 12.1 Å². The smallest absolute Gasteiger partial charge is 0.130 e. The molecule has 2 aromatic carbocycles. The fourth-order valence-corrected chi connectivity index (χ4v) is 3.83. The van der Waals surface area contributed by atoms with Crippen molar-refractivity contribution in [2.24, 2.45) is 5.92 Å². The van der Waals surface area contributed by atoms with Crippen LogP contribution in [0, 0.1) is 17.6 Å². The molecule has 3 unspecified atom stereocenters. The Balaban J connectivity index is 2.41. The minimum absolute atomic E-state index is 0.135. The van der Waals surface area contributed by atoms with Gasteiger partial charge in [0.1, 0.15) is 11.6 Å². The van der Waals surface area contributed by atoms with Crippen LogP contribution in [0.25, 0.3) is 0 Å². The molecule has 3 heteroatoms. The highest BCUT2D eigenvalue weighted by molar-refractivity contribution is 9.09. The zero-order valence-electron chi connectivity index (χ0n) is 12.2. The van der Waals surface area contributed by atoms with Gasteiger partial charge in [-0.1, -0.05) is 72.6 Å². The monoisotopic (exact) mass is 352 g/mol. The Labute approximate surface area is 133 Å². The Kier molecular flexibility index (Phi) is 5.51. The predicted molar refractivity (Wildman–Crippen MR) is 86.7 cm³/mol. The van der Waals surface area contributed by atoms with Crippen molar-refractivity contribution in [1.29, 1.82) is 0 Å². The van der Waals surface area contributed by atoms with Crippen LogP contribution in [0.2, 0.25) is 0 Å². The Morgan fingerprint density at radius 3 is 2.29 bits per heavy atom. The molecule has 0 aromatic heterocycles. The highest BCUT2D eigenvalue weighted by Crippen LogP contribution is 2.44. The van der Waals surface area contributed by atoms with E-state index in [2.05, 4.69) is 41.9 Å². The maximum atomic E-state index is 14.1. The second-order valence-corrected chi connectivity index (χ2v) is 6.38. The molecule has 0 saturated carbocycles. The molecule has 2 aromatic rings. The number of rotatable bonds is 5. The maximum Gasteiger partial charge on any atom is 0.130 e. The summed E-state index contributed by atoms with van der Waals surface area (Å²) in [6, 6.07) is 13.9. The minimum Gasteiger partial charge on any atom is -0.207 e. The predicted octanol–water partition coefficient (Wildman–Crippen LogP) is 6.23. The highest BCUT2D eigenvalue weighted by Gasteiger charge is 2.28. The summed E-state index contributed by atoms with van der Waals surface area (Å²) in [5, 5.41) is 0. The molecular formula is C18H19BrF2. The molecule has 2 rings (SSSR count). The third-order valence-corrected chi connectivity index (χ3v) is 5.08. The largest absolute Gasteiger partial charge is 0.207 e. The van der Waals surface area contributed by atoms with Gasteiger partial charge < -0.3 is 0 Å². The first-order chi connectivity index (χ1) is 10.0. The van der Waals surface area contributed by atoms with Crippen LogP contribution in [0.4, 0.5) is 8.78 Å². The second kappa shape index (κ2) is 7.17. The summed E-state index contributed by atoms with van der Waals surface area (Å²) in [6.07, 6.45) is 0.991. The molecule has 0 aliphatic carbocycles. The fraction of sp³-hybridized carbons (Fsp3) is 0.333. The lowest BCUT2D eigenvalue weighted by Gasteiger charge is -2.29. The van der Waals surface area contributed by atoms with Crippen LogP contribution in [-0.4, -0.2) is 0 Å². The summed E-state index contributed by atoms with van der Waals surface area (Å²) in [7, 11) is 0. The van der Waals surface area contributed by atoms with E-state index in [4.69, 9.17) is 0 Å². The molecule has 0 fully saturated rings. The maximum absolute atomic E-state index is 14.1. The van der Waals surface area contributed by atoms with Crippen molar-refractivity contribution in [3.8, 4) is 0 Å². The molecule has 21 heavy (non-hydrogen) atoms. The molecular weight excluding hydrogens is 334 g/mol. The van der Waals surface area contributed by atoms with Gasteiger partial charge in [0, 0.05) is 22.4 Å². The van der Waals surface area contributed by atoms with Crippen LogP contribution in [0.15, 0.2) is 48.5 Å². The molecule has 0 aliphatic heterocycles. The standard InChI is InChI=1S/C18H19BrF2/c1-3-12(2)17(13-7-5-4-6-8-13)18(19)15-10-9-14(20)11-16(15)21/h4-12,17-18H,3H2,1-2H3. The average Bonchev–Trinajstić information content (AvgIpc) is 2.48. The van der Waals surface area contributed by atoms with Gasteiger partial charge in [-0.3, -0.25) is 0 Å². The number of hydrogen-bond donors (Lipinski definition) is 0. The Morgan fingerprint density at radius 1 is 1.05 bits per heavy atom. The lowest BCUT2D eigenvalue weighted by atomic mass is 9.81. The van der Waals surface area contributed by atoms with Gasteiger partial charge in [-0.2, -0.15) is 0 Å². The van der Waals surface area contributed by atoms with Crippen molar-refractivity contribution in [3.05, 3.63) is 71.3 Å². The first-order valence-corrected chi connectivity index (χ1v) is 8.10. The summed E-state index contributed by atoms with van der Waals surface area (Å²) in [5.74, 6) is -0.533. The van der Waals surface area contributed by atoms with E-state index >= 15 is 0 Å². The van der Waals surface area contributed by atoms with E-state index < -0.39 is 11.6 Å². The van der Waals surface area contributed by atoms with Gasteiger partial charge in [0.2, 0.25) is 0 Å². The molecule has 0 N–H and O–H groups in total. The van der Waals surface area contributed by atoms with Crippen molar-refractivity contribution in [2.75, 3.05) is 0 Å². The third kappa shape index (κ3) is 3.70. The van der Waals surface area contributed by atoms with E-state index in [0.717, 1.165) is 18.1 Å². The van der Waals surface area contributed by atoms with Crippen molar-refractivity contribution in [3.63, 3.8) is 0 Å². The lowest BCUT2D eigenvalue weighted by molar-refractivity contribution is 0.433. The quantitative estimate of drug-likeness (QED) is 0.559. The van der Waals surface area contributed by atoms with Crippen LogP contribution in [0.3, 0.4) is 0 Å². The molecule has 3 atom stereocenters. The Morgan fingerprint density at radius 2 is 1.71 bits per heavy atom. The molecule has 0 saturated heterocycles. The van der Waals surface area contributed by atoms with Crippen LogP contribution in [0.1, 0.15) is 42.1 Å². The van der Waals surface area contributed by atoms with Gasteiger partial charge >= 0.3 is 0 Å². The molecule has 0 spiro atoms. The van der Waals surface area contributed by atoms with Crippen molar-refractivity contribution in [2.45, 2.75) is 31.0 Å². The van der Waals surface area contributed by atoms with Crippen LogP contribution < -0.4 is 0 Å². The third-order valence-electron chi connectivity index (χ3n) is 4.02. The van der Waals surface area contributed by atoms with Gasteiger partial charge in [-0.25, -0.2) is 8.78 Å². The summed E-state index contributed by atoms with van der Waals surface area (Å²) < 4.78 is 27.2. The highest BCUT2D eigenvalue weighted by atomic mass is 79.9. The van der Waals surface area contributed by atoms with Crippen LogP contribution in [0.5, 0.6) is 0 Å². The average molecular weight is 353 g/mol. The van der Waals surface area contributed by atoms with Gasteiger partial charge in [-0.05, 0) is 17.5 Å². The zero-order chi connectivity index (χ0) is 15.4. The molecule has 0 heterocycles. The summed E-state index contributed by atoms with van der Waals surface area (Å²) in [4.78, 5) is -0.185. The molecule has 0 amide bonds. The van der Waals surface area contributed by atoms with Crippen molar-refractivity contribution in [1.82, 2.24) is 0 Å². The normalized spacial score (nSPS) is 15.5. The molecule has 0 radical (unpaired) electrons. The van der Waals surface area contributed by atoms with Crippen molar-refractivity contribution < 1.29 is 8.78 Å². The van der Waals surface area contributed by atoms with Gasteiger partial charge in [0.05, 0.1) is 0 Å². The molecule has 112 valence electrons. The molecule has 0 bridgehead atoms. The molecule has 0 nitrogen and oxygen atoms in total. The van der Waals surface area contributed by atoms with Gasteiger partial charge in [0.15, 0.2) is 0 Å². The van der Waals surface area contributed by atoms with E-state index in [9.17, 15) is 8.78 Å². The number of halogens is 3. The second-order valence-electron chi connectivity index (χ2n) is 5.39. The molecule has 0 aliphatic rings.